The minimum atomic E-state index is 0.210. The summed E-state index contributed by atoms with van der Waals surface area (Å²) < 4.78 is 0. The number of benzene rings is 1. The molecule has 1 amide bonds. The van der Waals surface area contributed by atoms with E-state index in [4.69, 9.17) is 23.2 Å². The summed E-state index contributed by atoms with van der Waals surface area (Å²) in [6, 6.07) is 7.49. The minimum Gasteiger partial charge on any atom is -0.342 e. The van der Waals surface area contributed by atoms with E-state index in [1.54, 1.807) is 0 Å². The first kappa shape index (κ1) is 14.7. The van der Waals surface area contributed by atoms with Gasteiger partial charge in [0.15, 0.2) is 0 Å². The molecule has 19 heavy (non-hydrogen) atoms. The van der Waals surface area contributed by atoms with Gasteiger partial charge in [-0.2, -0.15) is 0 Å². The summed E-state index contributed by atoms with van der Waals surface area (Å²) in [5.41, 5.74) is 1.02. The van der Waals surface area contributed by atoms with Gasteiger partial charge in [0.2, 0.25) is 5.91 Å². The van der Waals surface area contributed by atoms with Crippen LogP contribution in [0.25, 0.3) is 0 Å². The van der Waals surface area contributed by atoms with Gasteiger partial charge in [0, 0.05) is 24.0 Å². The molecule has 2 rings (SSSR count). The number of piperidine rings is 1. The van der Waals surface area contributed by atoms with Crippen molar-refractivity contribution in [1.29, 1.82) is 0 Å². The number of likely N-dealkylation sites (tertiary alicyclic amines) is 1. The molecule has 1 heterocycles. The fourth-order valence-electron chi connectivity index (χ4n) is 2.57. The number of carbonyl (C=O) groups is 1. The average molecular weight is 300 g/mol. The van der Waals surface area contributed by atoms with E-state index >= 15 is 0 Å². The molecule has 1 fully saturated rings. The van der Waals surface area contributed by atoms with Crippen molar-refractivity contribution >= 4 is 29.1 Å². The van der Waals surface area contributed by atoms with Crippen molar-refractivity contribution in [2.75, 3.05) is 19.0 Å². The molecule has 0 aliphatic carbocycles. The predicted molar refractivity (Wildman–Crippen MR) is 79.8 cm³/mol. The lowest BCUT2D eigenvalue weighted by Crippen LogP contribution is -2.40. The number of halogens is 2. The van der Waals surface area contributed by atoms with Crippen LogP contribution in [-0.4, -0.2) is 29.8 Å². The van der Waals surface area contributed by atoms with Gasteiger partial charge in [-0.15, -0.1) is 11.6 Å². The number of rotatable bonds is 4. The number of hydrogen-bond donors (Lipinski definition) is 0. The maximum Gasteiger partial charge on any atom is 0.226 e. The molecule has 2 nitrogen and oxygen atoms in total. The first-order chi connectivity index (χ1) is 9.19. The standard InChI is InChI=1S/C15H19Cl2NO/c16-8-7-13-2-1-9-18(11-13)15(19)10-12-3-5-14(17)6-4-12/h3-6,13H,1-2,7-11H2. The maximum absolute atomic E-state index is 12.3. The van der Waals surface area contributed by atoms with Crippen LogP contribution in [-0.2, 0) is 11.2 Å². The Morgan fingerprint density at radius 2 is 2.05 bits per heavy atom. The molecule has 1 atom stereocenters. The number of carbonyl (C=O) groups excluding carboxylic acids is 1. The Morgan fingerprint density at radius 1 is 1.32 bits per heavy atom. The van der Waals surface area contributed by atoms with Crippen molar-refractivity contribution in [3.63, 3.8) is 0 Å². The van der Waals surface area contributed by atoms with Crippen molar-refractivity contribution in [2.24, 2.45) is 5.92 Å². The Bertz CT molecular complexity index is 417. The zero-order chi connectivity index (χ0) is 13.7. The average Bonchev–Trinajstić information content (AvgIpc) is 2.42. The van der Waals surface area contributed by atoms with E-state index in [2.05, 4.69) is 0 Å². The molecule has 0 spiro atoms. The monoisotopic (exact) mass is 299 g/mol. The van der Waals surface area contributed by atoms with Crippen molar-refractivity contribution < 1.29 is 4.79 Å². The summed E-state index contributed by atoms with van der Waals surface area (Å²) in [5.74, 6) is 1.46. The third kappa shape index (κ3) is 4.39. The molecular weight excluding hydrogens is 281 g/mol. The molecule has 1 aromatic rings. The van der Waals surface area contributed by atoms with Crippen molar-refractivity contribution in [1.82, 2.24) is 4.90 Å². The Hall–Kier alpha value is -0.730. The van der Waals surface area contributed by atoms with Gasteiger partial charge in [0.1, 0.15) is 0 Å². The van der Waals surface area contributed by atoms with E-state index in [0.717, 1.165) is 31.5 Å². The molecule has 1 aliphatic rings. The molecule has 4 heteroatoms. The van der Waals surface area contributed by atoms with Crippen LogP contribution < -0.4 is 0 Å². The summed E-state index contributed by atoms with van der Waals surface area (Å²) in [6.07, 6.45) is 3.75. The Balaban J connectivity index is 1.90. The van der Waals surface area contributed by atoms with E-state index < -0.39 is 0 Å². The van der Waals surface area contributed by atoms with E-state index in [9.17, 15) is 4.79 Å². The second-order valence-corrected chi connectivity index (χ2v) is 5.94. The zero-order valence-corrected chi connectivity index (χ0v) is 12.5. The van der Waals surface area contributed by atoms with Gasteiger partial charge in [-0.25, -0.2) is 0 Å². The number of nitrogens with zero attached hydrogens (tertiary/aromatic N) is 1. The fraction of sp³-hybridized carbons (Fsp3) is 0.533. The molecular formula is C15H19Cl2NO. The van der Waals surface area contributed by atoms with Crippen molar-refractivity contribution in [3.8, 4) is 0 Å². The topological polar surface area (TPSA) is 20.3 Å². The van der Waals surface area contributed by atoms with Crippen LogP contribution in [0, 0.1) is 5.92 Å². The van der Waals surface area contributed by atoms with E-state index in [1.807, 2.05) is 29.2 Å². The summed E-state index contributed by atoms with van der Waals surface area (Å²) in [5, 5.41) is 0.705. The van der Waals surface area contributed by atoms with Gasteiger partial charge in [-0.3, -0.25) is 4.79 Å². The van der Waals surface area contributed by atoms with E-state index in [0.29, 0.717) is 23.2 Å². The first-order valence-electron chi connectivity index (χ1n) is 6.77. The molecule has 104 valence electrons. The summed E-state index contributed by atoms with van der Waals surface area (Å²) in [4.78, 5) is 14.2. The highest BCUT2D eigenvalue weighted by atomic mass is 35.5. The lowest BCUT2D eigenvalue weighted by atomic mass is 9.95. The second kappa shape index (κ2) is 7.16. The van der Waals surface area contributed by atoms with Gasteiger partial charge < -0.3 is 4.90 Å². The van der Waals surface area contributed by atoms with Gasteiger partial charge in [-0.05, 0) is 42.9 Å². The smallest absolute Gasteiger partial charge is 0.226 e. The number of hydrogen-bond acceptors (Lipinski definition) is 1. The van der Waals surface area contributed by atoms with Gasteiger partial charge in [0.05, 0.1) is 6.42 Å². The summed E-state index contributed by atoms with van der Waals surface area (Å²) >= 11 is 11.6. The Labute approximate surface area is 124 Å². The molecule has 1 aliphatic heterocycles. The van der Waals surface area contributed by atoms with Crippen LogP contribution in [0.2, 0.25) is 5.02 Å². The van der Waals surface area contributed by atoms with Crippen molar-refractivity contribution in [2.45, 2.75) is 25.7 Å². The Kier molecular flexibility index (Phi) is 5.53. The van der Waals surface area contributed by atoms with Crippen LogP contribution >= 0.6 is 23.2 Å². The molecule has 0 aromatic heterocycles. The van der Waals surface area contributed by atoms with E-state index in [-0.39, 0.29) is 5.91 Å². The molecule has 0 N–H and O–H groups in total. The third-order valence-electron chi connectivity index (χ3n) is 3.66. The largest absolute Gasteiger partial charge is 0.342 e. The highest BCUT2D eigenvalue weighted by Gasteiger charge is 2.23. The minimum absolute atomic E-state index is 0.210. The van der Waals surface area contributed by atoms with E-state index in [1.165, 1.54) is 6.42 Å². The third-order valence-corrected chi connectivity index (χ3v) is 4.13. The normalized spacial score (nSPS) is 19.5. The maximum atomic E-state index is 12.3. The predicted octanol–water partition coefficient (Wildman–Crippen LogP) is 3.75. The lowest BCUT2D eigenvalue weighted by molar-refractivity contribution is -0.132. The highest BCUT2D eigenvalue weighted by Crippen LogP contribution is 2.21. The van der Waals surface area contributed by atoms with Crippen LogP contribution in [0.5, 0.6) is 0 Å². The SMILES string of the molecule is O=C(Cc1ccc(Cl)cc1)N1CCCC(CCCl)C1. The number of amides is 1. The Morgan fingerprint density at radius 3 is 2.74 bits per heavy atom. The molecule has 1 unspecified atom stereocenters. The second-order valence-electron chi connectivity index (χ2n) is 5.13. The highest BCUT2D eigenvalue weighted by molar-refractivity contribution is 6.30. The van der Waals surface area contributed by atoms with Crippen LogP contribution in [0.15, 0.2) is 24.3 Å². The van der Waals surface area contributed by atoms with Gasteiger partial charge in [-0.1, -0.05) is 23.7 Å². The molecule has 0 radical (unpaired) electrons. The molecule has 0 bridgehead atoms. The fourth-order valence-corrected chi connectivity index (χ4v) is 3.00. The lowest BCUT2D eigenvalue weighted by Gasteiger charge is -2.32. The van der Waals surface area contributed by atoms with Gasteiger partial charge in [0.25, 0.3) is 0 Å². The quantitative estimate of drug-likeness (QED) is 0.776. The number of alkyl halides is 1. The van der Waals surface area contributed by atoms with Gasteiger partial charge >= 0.3 is 0 Å². The summed E-state index contributed by atoms with van der Waals surface area (Å²) in [7, 11) is 0. The zero-order valence-electron chi connectivity index (χ0n) is 10.9. The first-order valence-corrected chi connectivity index (χ1v) is 7.68. The molecule has 0 saturated carbocycles. The summed E-state index contributed by atoms with van der Waals surface area (Å²) in [6.45, 7) is 1.74. The van der Waals surface area contributed by atoms with Crippen molar-refractivity contribution in [3.05, 3.63) is 34.9 Å². The molecule has 1 aromatic carbocycles. The molecule has 1 saturated heterocycles. The van der Waals surface area contributed by atoms with Crippen LogP contribution in [0.1, 0.15) is 24.8 Å². The van der Waals surface area contributed by atoms with Crippen LogP contribution in [0.3, 0.4) is 0 Å². The van der Waals surface area contributed by atoms with Crippen LogP contribution in [0.4, 0.5) is 0 Å².